The van der Waals surface area contributed by atoms with Crippen LogP contribution in [-0.4, -0.2) is 43.5 Å². The van der Waals surface area contributed by atoms with Crippen LogP contribution in [0.25, 0.3) is 5.69 Å². The summed E-state index contributed by atoms with van der Waals surface area (Å²) in [6.07, 6.45) is 6.77. The van der Waals surface area contributed by atoms with Gasteiger partial charge in [0.05, 0.1) is 23.5 Å². The molecule has 124 valence electrons. The van der Waals surface area contributed by atoms with Crippen molar-refractivity contribution < 1.29 is 19.1 Å². The molecule has 7 heteroatoms. The van der Waals surface area contributed by atoms with E-state index in [1.54, 1.807) is 28.2 Å². The van der Waals surface area contributed by atoms with Crippen molar-refractivity contribution in [2.75, 3.05) is 0 Å². The van der Waals surface area contributed by atoms with Crippen LogP contribution in [0.5, 0.6) is 0 Å². The van der Waals surface area contributed by atoms with Gasteiger partial charge in [-0.05, 0) is 37.5 Å². The largest absolute Gasteiger partial charge is 0.481 e. The third-order valence-electron chi connectivity index (χ3n) is 5.06. The Bertz CT molecular complexity index is 805. The van der Waals surface area contributed by atoms with E-state index in [-0.39, 0.29) is 23.6 Å². The van der Waals surface area contributed by atoms with Gasteiger partial charge in [-0.25, -0.2) is 9.37 Å². The molecule has 1 aromatic carbocycles. The van der Waals surface area contributed by atoms with Crippen LogP contribution in [-0.2, 0) is 4.79 Å². The summed E-state index contributed by atoms with van der Waals surface area (Å²) in [5.41, 5.74) is 0.771. The van der Waals surface area contributed by atoms with Crippen LogP contribution in [0.3, 0.4) is 0 Å². The fourth-order valence-corrected chi connectivity index (χ4v) is 4.02. The van der Waals surface area contributed by atoms with Crippen molar-refractivity contribution in [1.82, 2.24) is 14.5 Å². The Morgan fingerprint density at radius 1 is 1.29 bits per heavy atom. The van der Waals surface area contributed by atoms with E-state index in [2.05, 4.69) is 4.98 Å². The van der Waals surface area contributed by atoms with Crippen molar-refractivity contribution in [2.45, 2.75) is 31.3 Å². The molecule has 3 atom stereocenters. The van der Waals surface area contributed by atoms with E-state index >= 15 is 0 Å². The maximum Gasteiger partial charge on any atom is 0.308 e. The van der Waals surface area contributed by atoms with Gasteiger partial charge in [0.1, 0.15) is 5.82 Å². The fourth-order valence-electron chi connectivity index (χ4n) is 4.02. The Morgan fingerprint density at radius 2 is 2.12 bits per heavy atom. The molecule has 2 aromatic rings. The zero-order chi connectivity index (χ0) is 16.8. The van der Waals surface area contributed by atoms with Gasteiger partial charge in [-0.15, -0.1) is 0 Å². The molecule has 2 aliphatic heterocycles. The number of nitrogens with zero attached hydrogens (tertiary/aromatic N) is 3. The lowest BCUT2D eigenvalue weighted by Crippen LogP contribution is -2.38. The monoisotopic (exact) mass is 329 g/mol. The maximum absolute atomic E-state index is 13.8. The smallest absolute Gasteiger partial charge is 0.308 e. The molecule has 0 aliphatic carbocycles. The summed E-state index contributed by atoms with van der Waals surface area (Å²) in [6, 6.07) is 3.66. The molecule has 3 heterocycles. The first-order chi connectivity index (χ1) is 11.6. The molecule has 2 fully saturated rings. The van der Waals surface area contributed by atoms with Crippen LogP contribution in [0.4, 0.5) is 4.39 Å². The molecule has 0 spiro atoms. The number of carboxylic acid groups (broad SMARTS) is 1. The van der Waals surface area contributed by atoms with Crippen molar-refractivity contribution in [1.29, 1.82) is 0 Å². The average Bonchev–Trinajstić information content (AvgIpc) is 3.29. The number of hydrogen-bond acceptors (Lipinski definition) is 3. The molecule has 1 aromatic heterocycles. The first-order valence-corrected chi connectivity index (χ1v) is 7.89. The van der Waals surface area contributed by atoms with Crippen LogP contribution in [0.1, 0.15) is 29.6 Å². The van der Waals surface area contributed by atoms with Crippen LogP contribution in [0, 0.1) is 11.7 Å². The molecule has 24 heavy (non-hydrogen) atoms. The molecule has 2 aliphatic rings. The first-order valence-electron chi connectivity index (χ1n) is 7.89. The lowest BCUT2D eigenvalue weighted by Gasteiger charge is -2.24. The molecule has 2 bridgehead atoms. The number of amides is 1. The number of carboxylic acids is 1. The number of hydrogen-bond donors (Lipinski definition) is 1. The quantitative estimate of drug-likeness (QED) is 0.935. The van der Waals surface area contributed by atoms with E-state index in [4.69, 9.17) is 0 Å². The van der Waals surface area contributed by atoms with Crippen molar-refractivity contribution in [3.8, 4) is 5.69 Å². The Labute approximate surface area is 137 Å². The summed E-state index contributed by atoms with van der Waals surface area (Å²) in [7, 11) is 0. The number of carbonyl (C=O) groups excluding carboxylic acids is 1. The van der Waals surface area contributed by atoms with Crippen LogP contribution in [0.15, 0.2) is 36.9 Å². The minimum absolute atomic E-state index is 0.0810. The van der Waals surface area contributed by atoms with Gasteiger partial charge in [0, 0.05) is 24.5 Å². The van der Waals surface area contributed by atoms with Gasteiger partial charge in [0.25, 0.3) is 5.91 Å². The lowest BCUT2D eigenvalue weighted by molar-refractivity contribution is -0.142. The Morgan fingerprint density at radius 3 is 2.79 bits per heavy atom. The number of fused-ring (bicyclic) bond motifs is 2. The van der Waals surface area contributed by atoms with Crippen LogP contribution < -0.4 is 0 Å². The Hall–Kier alpha value is -2.70. The molecular formula is C17H16FN3O3. The normalized spacial score (nSPS) is 25.2. The third kappa shape index (κ3) is 2.19. The number of carbonyl (C=O) groups is 2. The third-order valence-corrected chi connectivity index (χ3v) is 5.06. The summed E-state index contributed by atoms with van der Waals surface area (Å²) < 4.78 is 15.4. The van der Waals surface area contributed by atoms with Gasteiger partial charge in [-0.2, -0.15) is 0 Å². The number of halogens is 1. The number of benzene rings is 1. The zero-order valence-corrected chi connectivity index (χ0v) is 12.8. The highest BCUT2D eigenvalue weighted by Gasteiger charge is 2.51. The molecular weight excluding hydrogens is 313 g/mol. The second-order valence-corrected chi connectivity index (χ2v) is 6.32. The van der Waals surface area contributed by atoms with Gasteiger partial charge in [0.2, 0.25) is 0 Å². The van der Waals surface area contributed by atoms with Crippen molar-refractivity contribution >= 4 is 11.9 Å². The fraction of sp³-hybridized carbons (Fsp3) is 0.353. The highest BCUT2D eigenvalue weighted by atomic mass is 19.1. The van der Waals surface area contributed by atoms with Crippen molar-refractivity contribution in [3.63, 3.8) is 0 Å². The molecule has 0 saturated carbocycles. The van der Waals surface area contributed by atoms with Gasteiger partial charge in [0.15, 0.2) is 0 Å². The highest BCUT2D eigenvalue weighted by molar-refractivity contribution is 5.99. The molecule has 2 saturated heterocycles. The Kier molecular flexibility index (Phi) is 3.37. The SMILES string of the molecule is O=C(O)[C@@H]1C[C@H]2CC[C@@H]1N2C(=O)c1cc(F)ccc1-n1ccnc1. The minimum atomic E-state index is -0.867. The number of imidazole rings is 1. The molecule has 6 nitrogen and oxygen atoms in total. The van der Waals surface area contributed by atoms with Gasteiger partial charge < -0.3 is 14.6 Å². The average molecular weight is 329 g/mol. The van der Waals surface area contributed by atoms with Crippen LogP contribution >= 0.6 is 0 Å². The van der Waals surface area contributed by atoms with E-state index in [0.29, 0.717) is 18.5 Å². The van der Waals surface area contributed by atoms with E-state index in [0.717, 1.165) is 6.42 Å². The minimum Gasteiger partial charge on any atom is -0.481 e. The van der Waals surface area contributed by atoms with E-state index < -0.39 is 17.7 Å². The summed E-state index contributed by atoms with van der Waals surface area (Å²) in [5, 5.41) is 9.34. The van der Waals surface area contributed by atoms with Gasteiger partial charge in [-0.3, -0.25) is 9.59 Å². The molecule has 1 amide bonds. The van der Waals surface area contributed by atoms with Gasteiger partial charge in [-0.1, -0.05) is 0 Å². The molecule has 4 rings (SSSR count). The van der Waals surface area contributed by atoms with E-state index in [1.165, 1.54) is 18.2 Å². The topological polar surface area (TPSA) is 75.4 Å². The summed E-state index contributed by atoms with van der Waals surface area (Å²) in [5.74, 6) is -2.20. The van der Waals surface area contributed by atoms with Gasteiger partial charge >= 0.3 is 5.97 Å². The van der Waals surface area contributed by atoms with Crippen LogP contribution in [0.2, 0.25) is 0 Å². The predicted molar refractivity (Wildman–Crippen MR) is 82.2 cm³/mol. The number of rotatable bonds is 3. The molecule has 0 radical (unpaired) electrons. The maximum atomic E-state index is 13.8. The number of aromatic nitrogens is 2. The second kappa shape index (κ2) is 5.43. The second-order valence-electron chi connectivity index (χ2n) is 6.32. The summed E-state index contributed by atoms with van der Waals surface area (Å²) >= 11 is 0. The summed E-state index contributed by atoms with van der Waals surface area (Å²) in [6.45, 7) is 0. The lowest BCUT2D eigenvalue weighted by atomic mass is 9.89. The zero-order valence-electron chi connectivity index (χ0n) is 12.8. The highest BCUT2D eigenvalue weighted by Crippen LogP contribution is 2.43. The predicted octanol–water partition coefficient (Wildman–Crippen LogP) is 2.09. The van der Waals surface area contributed by atoms with Crippen molar-refractivity contribution in [3.05, 3.63) is 48.3 Å². The van der Waals surface area contributed by atoms with E-state index in [9.17, 15) is 19.1 Å². The Balaban J connectivity index is 1.73. The number of aliphatic carboxylic acids is 1. The molecule has 1 N–H and O–H groups in total. The van der Waals surface area contributed by atoms with E-state index in [1.807, 2.05) is 0 Å². The first kappa shape index (κ1) is 14.9. The summed E-state index contributed by atoms with van der Waals surface area (Å²) in [4.78, 5) is 30.1. The van der Waals surface area contributed by atoms with Crippen molar-refractivity contribution in [2.24, 2.45) is 5.92 Å². The molecule has 0 unspecified atom stereocenters. The standard InChI is InChI=1S/C17H16FN3O3/c18-10-1-3-14(20-6-5-19-9-20)12(7-10)16(22)21-11-2-4-15(21)13(8-11)17(23)24/h1,3,5-7,9,11,13,15H,2,4,8H2,(H,23,24)/t11-,13-,15+/m1/s1.